The minimum absolute atomic E-state index is 0.00194. The number of aliphatic carboxylic acids is 1. The third kappa shape index (κ3) is 4.32. The molecule has 1 aliphatic rings. The van der Waals surface area contributed by atoms with E-state index in [-0.39, 0.29) is 25.4 Å². The summed E-state index contributed by atoms with van der Waals surface area (Å²) in [4.78, 5) is 12.4. The molecule has 1 heterocycles. The average Bonchev–Trinajstić information content (AvgIpc) is 2.47. The second-order valence-corrected chi connectivity index (χ2v) is 5.35. The minimum Gasteiger partial charge on any atom is -0.481 e. The van der Waals surface area contributed by atoms with Gasteiger partial charge in [0.1, 0.15) is 5.82 Å². The van der Waals surface area contributed by atoms with E-state index in [2.05, 4.69) is 5.32 Å². The van der Waals surface area contributed by atoms with E-state index in [0.29, 0.717) is 17.3 Å². The van der Waals surface area contributed by atoms with E-state index in [1.54, 1.807) is 12.1 Å². The van der Waals surface area contributed by atoms with Crippen molar-refractivity contribution in [3.8, 4) is 0 Å². The van der Waals surface area contributed by atoms with Crippen LogP contribution >= 0.6 is 0 Å². The fraction of sp³-hybridized carbons (Fsp3) is 0.533. The van der Waals surface area contributed by atoms with Crippen LogP contribution in [-0.2, 0) is 4.79 Å². The zero-order valence-corrected chi connectivity index (χ0v) is 11.9. The van der Waals surface area contributed by atoms with Crippen LogP contribution in [0.2, 0.25) is 0 Å². The fourth-order valence-electron chi connectivity index (χ4n) is 2.54. The molecular weight excluding hydrogens is 275 g/mol. The average molecular weight is 296 g/mol. The van der Waals surface area contributed by atoms with Crippen LogP contribution in [0, 0.1) is 11.7 Å². The smallest absolute Gasteiger partial charge is 0.305 e. The number of halogens is 1. The van der Waals surface area contributed by atoms with Gasteiger partial charge in [0.25, 0.3) is 0 Å². The molecule has 0 aromatic heterocycles. The highest BCUT2D eigenvalue weighted by atomic mass is 19.1. The number of carboxylic acids is 1. The third-order valence-electron chi connectivity index (χ3n) is 3.83. The predicted molar refractivity (Wildman–Crippen MR) is 79.2 cm³/mol. The highest BCUT2D eigenvalue weighted by Crippen LogP contribution is 2.27. The molecule has 0 spiro atoms. The molecule has 0 aliphatic carbocycles. The molecule has 6 heteroatoms. The normalized spacial score (nSPS) is 16.0. The summed E-state index contributed by atoms with van der Waals surface area (Å²) in [6.07, 6.45) is 1.74. The first-order valence-corrected chi connectivity index (χ1v) is 7.21. The number of benzene rings is 1. The summed E-state index contributed by atoms with van der Waals surface area (Å²) in [7, 11) is 0. The molecule has 1 aliphatic heterocycles. The van der Waals surface area contributed by atoms with E-state index >= 15 is 0 Å². The predicted octanol–water partition coefficient (Wildman–Crippen LogP) is 1.92. The van der Waals surface area contributed by atoms with E-state index in [9.17, 15) is 9.18 Å². The Bertz CT molecular complexity index is 488. The van der Waals surface area contributed by atoms with E-state index in [1.165, 1.54) is 6.07 Å². The van der Waals surface area contributed by atoms with Gasteiger partial charge in [-0.2, -0.15) is 0 Å². The fourth-order valence-corrected chi connectivity index (χ4v) is 2.54. The molecule has 0 saturated carbocycles. The molecule has 1 aromatic carbocycles. The molecule has 1 fully saturated rings. The molecule has 0 bridgehead atoms. The van der Waals surface area contributed by atoms with Crippen LogP contribution in [0.4, 0.5) is 15.8 Å². The number of aliphatic hydroxyl groups excluding tert-OH is 1. The number of nitrogens with zero attached hydrogens (tertiary/aromatic N) is 1. The van der Waals surface area contributed by atoms with Gasteiger partial charge in [-0.25, -0.2) is 4.39 Å². The van der Waals surface area contributed by atoms with E-state index in [1.807, 2.05) is 4.90 Å². The Morgan fingerprint density at radius 3 is 2.67 bits per heavy atom. The molecule has 1 saturated heterocycles. The van der Waals surface area contributed by atoms with Gasteiger partial charge < -0.3 is 20.4 Å². The third-order valence-corrected chi connectivity index (χ3v) is 3.83. The SMILES string of the molecule is O=C(O)CCNc1ccc(N2CCC(CO)CC2)c(F)c1. The van der Waals surface area contributed by atoms with Gasteiger partial charge in [-0.05, 0) is 37.0 Å². The van der Waals surface area contributed by atoms with Crippen molar-refractivity contribution in [2.75, 3.05) is 36.5 Å². The van der Waals surface area contributed by atoms with Crippen molar-refractivity contribution in [3.05, 3.63) is 24.0 Å². The molecule has 0 amide bonds. The first-order valence-electron chi connectivity index (χ1n) is 7.21. The standard InChI is InChI=1S/C15H21FN2O3/c16-13-9-12(17-6-3-15(20)21)1-2-14(13)18-7-4-11(10-19)5-8-18/h1-2,9,11,17,19H,3-8,10H2,(H,20,21). The van der Waals surface area contributed by atoms with Crippen molar-refractivity contribution >= 4 is 17.3 Å². The highest BCUT2D eigenvalue weighted by molar-refractivity contribution is 5.67. The number of piperidine rings is 1. The number of rotatable bonds is 6. The van der Waals surface area contributed by atoms with Crippen LogP contribution in [0.5, 0.6) is 0 Å². The summed E-state index contributed by atoms with van der Waals surface area (Å²) in [5.74, 6) is -0.870. The van der Waals surface area contributed by atoms with Gasteiger partial charge in [0.2, 0.25) is 0 Å². The first-order chi connectivity index (χ1) is 10.1. The maximum absolute atomic E-state index is 14.2. The van der Waals surface area contributed by atoms with Crippen molar-refractivity contribution in [2.24, 2.45) is 5.92 Å². The van der Waals surface area contributed by atoms with Gasteiger partial charge >= 0.3 is 5.97 Å². The summed E-state index contributed by atoms with van der Waals surface area (Å²) >= 11 is 0. The summed E-state index contributed by atoms with van der Waals surface area (Å²) in [6.45, 7) is 1.96. The van der Waals surface area contributed by atoms with Crippen LogP contribution in [0.25, 0.3) is 0 Å². The Morgan fingerprint density at radius 2 is 2.10 bits per heavy atom. The van der Waals surface area contributed by atoms with E-state index < -0.39 is 5.97 Å². The maximum Gasteiger partial charge on any atom is 0.305 e. The molecule has 2 rings (SSSR count). The monoisotopic (exact) mass is 296 g/mol. The largest absolute Gasteiger partial charge is 0.481 e. The lowest BCUT2D eigenvalue weighted by molar-refractivity contribution is -0.136. The lowest BCUT2D eigenvalue weighted by Crippen LogP contribution is -2.35. The molecule has 116 valence electrons. The number of aliphatic hydroxyl groups is 1. The maximum atomic E-state index is 14.2. The van der Waals surface area contributed by atoms with E-state index in [4.69, 9.17) is 10.2 Å². The first kappa shape index (κ1) is 15.6. The Balaban J connectivity index is 1.94. The molecule has 1 aromatic rings. The van der Waals surface area contributed by atoms with Gasteiger partial charge in [0.15, 0.2) is 0 Å². The number of hydrogen-bond donors (Lipinski definition) is 3. The Morgan fingerprint density at radius 1 is 1.38 bits per heavy atom. The lowest BCUT2D eigenvalue weighted by atomic mass is 9.97. The number of hydrogen-bond acceptors (Lipinski definition) is 4. The second-order valence-electron chi connectivity index (χ2n) is 5.35. The molecule has 5 nitrogen and oxygen atoms in total. The Kier molecular flexibility index (Phi) is 5.38. The summed E-state index contributed by atoms with van der Waals surface area (Å²) < 4.78 is 14.2. The van der Waals surface area contributed by atoms with Crippen molar-refractivity contribution in [1.82, 2.24) is 0 Å². The zero-order valence-electron chi connectivity index (χ0n) is 11.9. The second kappa shape index (κ2) is 7.26. The zero-order chi connectivity index (χ0) is 15.2. The molecule has 21 heavy (non-hydrogen) atoms. The van der Waals surface area contributed by atoms with Crippen molar-refractivity contribution in [2.45, 2.75) is 19.3 Å². The molecule has 0 unspecified atom stereocenters. The van der Waals surface area contributed by atoms with Crippen molar-refractivity contribution < 1.29 is 19.4 Å². The van der Waals surface area contributed by atoms with Crippen LogP contribution in [0.3, 0.4) is 0 Å². The summed E-state index contributed by atoms with van der Waals surface area (Å²) in [5, 5.41) is 20.6. The Hall–Kier alpha value is -1.82. The van der Waals surface area contributed by atoms with Gasteiger partial charge in [0, 0.05) is 31.9 Å². The number of nitrogens with one attached hydrogen (secondary N) is 1. The topological polar surface area (TPSA) is 72.8 Å². The van der Waals surface area contributed by atoms with Gasteiger partial charge in [-0.15, -0.1) is 0 Å². The van der Waals surface area contributed by atoms with Crippen molar-refractivity contribution in [3.63, 3.8) is 0 Å². The van der Waals surface area contributed by atoms with E-state index in [0.717, 1.165) is 25.9 Å². The van der Waals surface area contributed by atoms with Crippen LogP contribution < -0.4 is 10.2 Å². The molecule has 0 atom stereocenters. The summed E-state index contributed by atoms with van der Waals surface area (Å²) in [5.41, 5.74) is 1.15. The molecule has 0 radical (unpaired) electrons. The van der Waals surface area contributed by atoms with Crippen LogP contribution in [0.1, 0.15) is 19.3 Å². The lowest BCUT2D eigenvalue weighted by Gasteiger charge is -2.33. The van der Waals surface area contributed by atoms with Gasteiger partial charge in [-0.3, -0.25) is 4.79 Å². The number of anilines is 2. The quantitative estimate of drug-likeness (QED) is 0.748. The number of carbonyl (C=O) groups is 1. The number of carboxylic acid groups (broad SMARTS) is 1. The molecule has 3 N–H and O–H groups in total. The van der Waals surface area contributed by atoms with Gasteiger partial charge in [-0.1, -0.05) is 0 Å². The van der Waals surface area contributed by atoms with Crippen LogP contribution in [0.15, 0.2) is 18.2 Å². The van der Waals surface area contributed by atoms with Crippen LogP contribution in [-0.4, -0.2) is 42.4 Å². The van der Waals surface area contributed by atoms with Crippen molar-refractivity contribution in [1.29, 1.82) is 0 Å². The minimum atomic E-state index is -0.883. The summed E-state index contributed by atoms with van der Waals surface area (Å²) in [6, 6.07) is 4.88. The highest BCUT2D eigenvalue weighted by Gasteiger charge is 2.20. The van der Waals surface area contributed by atoms with Gasteiger partial charge in [0.05, 0.1) is 12.1 Å². The molecular formula is C15H21FN2O3. The Labute approximate surface area is 123 Å².